The van der Waals surface area contributed by atoms with Crippen LogP contribution in [0.5, 0.6) is 0 Å². The van der Waals surface area contributed by atoms with E-state index in [9.17, 15) is 9.90 Å². The van der Waals surface area contributed by atoms with Crippen molar-refractivity contribution in [1.82, 2.24) is 0 Å². The molecule has 1 unspecified atom stereocenters. The molecule has 0 aromatic heterocycles. The molecule has 0 fully saturated rings. The average molecular weight is 280 g/mol. The molecule has 0 aliphatic rings. The Kier molecular flexibility index (Phi) is 3.92. The number of aliphatic hydroxyl groups excluding tert-OH is 1. The quantitative estimate of drug-likeness (QED) is 0.894. The van der Waals surface area contributed by atoms with E-state index in [-0.39, 0.29) is 6.42 Å². The van der Waals surface area contributed by atoms with Crippen LogP contribution >= 0.6 is 27.5 Å². The van der Waals surface area contributed by atoms with Crippen molar-refractivity contribution in [1.29, 1.82) is 0 Å². The van der Waals surface area contributed by atoms with Crippen molar-refractivity contribution < 1.29 is 15.0 Å². The Bertz CT molecular complexity index is 354. The van der Waals surface area contributed by atoms with Gasteiger partial charge in [-0.15, -0.1) is 0 Å². The first-order valence-electron chi connectivity index (χ1n) is 3.85. The van der Waals surface area contributed by atoms with Crippen LogP contribution in [0.1, 0.15) is 18.1 Å². The molecule has 1 aromatic rings. The number of hydrogen-bond acceptors (Lipinski definition) is 2. The summed E-state index contributed by atoms with van der Waals surface area (Å²) < 4.78 is 0.751. The van der Waals surface area contributed by atoms with Crippen LogP contribution in [-0.2, 0) is 4.79 Å². The van der Waals surface area contributed by atoms with Gasteiger partial charge in [0.15, 0.2) is 0 Å². The van der Waals surface area contributed by atoms with Crippen LogP contribution in [0.3, 0.4) is 0 Å². The summed E-state index contributed by atoms with van der Waals surface area (Å²) in [7, 11) is 0. The summed E-state index contributed by atoms with van der Waals surface area (Å²) in [4.78, 5) is 10.4. The van der Waals surface area contributed by atoms with Crippen LogP contribution in [0.2, 0.25) is 5.02 Å². The Morgan fingerprint density at radius 1 is 1.57 bits per heavy atom. The molecule has 2 N–H and O–H groups in total. The van der Waals surface area contributed by atoms with Gasteiger partial charge >= 0.3 is 5.97 Å². The summed E-state index contributed by atoms with van der Waals surface area (Å²) >= 11 is 9.01. The van der Waals surface area contributed by atoms with Crippen LogP contribution in [0.15, 0.2) is 22.7 Å². The minimum atomic E-state index is -1.07. The highest BCUT2D eigenvalue weighted by molar-refractivity contribution is 9.10. The number of carboxylic acids is 1. The fourth-order valence-electron chi connectivity index (χ4n) is 1.05. The first-order valence-corrected chi connectivity index (χ1v) is 5.02. The molecule has 5 heteroatoms. The molecule has 0 spiro atoms. The van der Waals surface area contributed by atoms with E-state index < -0.39 is 12.1 Å². The lowest BCUT2D eigenvalue weighted by Gasteiger charge is -2.10. The van der Waals surface area contributed by atoms with Gasteiger partial charge in [0.25, 0.3) is 0 Å². The van der Waals surface area contributed by atoms with E-state index in [1.807, 2.05) is 0 Å². The van der Waals surface area contributed by atoms with Gasteiger partial charge in [0, 0.05) is 15.1 Å². The van der Waals surface area contributed by atoms with Crippen molar-refractivity contribution in [3.8, 4) is 0 Å². The Balaban J connectivity index is 2.93. The highest BCUT2D eigenvalue weighted by Crippen LogP contribution is 2.28. The predicted molar refractivity (Wildman–Crippen MR) is 56.4 cm³/mol. The van der Waals surface area contributed by atoms with Crippen molar-refractivity contribution in [3.05, 3.63) is 33.3 Å². The van der Waals surface area contributed by atoms with Gasteiger partial charge in [-0.2, -0.15) is 0 Å². The van der Waals surface area contributed by atoms with Gasteiger partial charge in [-0.25, -0.2) is 0 Å². The first kappa shape index (κ1) is 11.5. The molecule has 1 atom stereocenters. The highest BCUT2D eigenvalue weighted by Gasteiger charge is 2.15. The van der Waals surface area contributed by atoms with Crippen molar-refractivity contribution in [3.63, 3.8) is 0 Å². The van der Waals surface area contributed by atoms with Gasteiger partial charge in [-0.05, 0) is 18.2 Å². The molecular weight excluding hydrogens is 271 g/mol. The zero-order chi connectivity index (χ0) is 10.7. The molecule has 0 aliphatic heterocycles. The summed E-state index contributed by atoms with van der Waals surface area (Å²) in [6, 6.07) is 4.93. The van der Waals surface area contributed by atoms with Gasteiger partial charge < -0.3 is 10.2 Å². The molecule has 1 rings (SSSR count). The molecule has 0 bridgehead atoms. The number of carbonyl (C=O) groups is 1. The van der Waals surface area contributed by atoms with Crippen molar-refractivity contribution in [2.45, 2.75) is 12.5 Å². The zero-order valence-electron chi connectivity index (χ0n) is 7.08. The molecule has 3 nitrogen and oxygen atoms in total. The molecule has 0 amide bonds. The van der Waals surface area contributed by atoms with Crippen LogP contribution in [-0.4, -0.2) is 16.2 Å². The lowest BCUT2D eigenvalue weighted by Crippen LogP contribution is -2.05. The third-order valence-corrected chi connectivity index (χ3v) is 2.52. The maximum absolute atomic E-state index is 10.4. The predicted octanol–water partition coefficient (Wildman–Crippen LogP) is 2.61. The monoisotopic (exact) mass is 278 g/mol. The summed E-state index contributed by atoms with van der Waals surface area (Å²) in [5.74, 6) is -1.06. The van der Waals surface area contributed by atoms with Crippen LogP contribution in [0, 0.1) is 0 Å². The lowest BCUT2D eigenvalue weighted by atomic mass is 10.1. The molecule has 0 radical (unpaired) electrons. The normalized spacial score (nSPS) is 12.5. The molecule has 0 aliphatic carbocycles. The number of aliphatic carboxylic acids is 1. The fourth-order valence-corrected chi connectivity index (χ4v) is 1.67. The molecule has 14 heavy (non-hydrogen) atoms. The van der Waals surface area contributed by atoms with E-state index >= 15 is 0 Å². The highest BCUT2D eigenvalue weighted by atomic mass is 79.9. The first-order chi connectivity index (χ1) is 6.50. The Hall–Kier alpha value is -0.580. The second-order valence-corrected chi connectivity index (χ2v) is 4.10. The third kappa shape index (κ3) is 2.97. The second kappa shape index (κ2) is 4.77. The standard InChI is InChI=1S/C9H8BrClO3/c10-5-1-2-7(11)6(3-5)8(12)4-9(13)14/h1-3,8,12H,4H2,(H,13,14). The van der Waals surface area contributed by atoms with Gasteiger partial charge in [0.05, 0.1) is 12.5 Å². The number of aliphatic hydroxyl groups is 1. The van der Waals surface area contributed by atoms with Crippen LogP contribution in [0.4, 0.5) is 0 Å². The molecule has 0 heterocycles. The SMILES string of the molecule is O=C(O)CC(O)c1cc(Br)ccc1Cl. The van der Waals surface area contributed by atoms with Gasteiger partial charge in [0.1, 0.15) is 0 Å². The van der Waals surface area contributed by atoms with Crippen LogP contribution in [0.25, 0.3) is 0 Å². The number of hydrogen-bond donors (Lipinski definition) is 2. The number of rotatable bonds is 3. The third-order valence-electron chi connectivity index (χ3n) is 1.69. The molecule has 1 aromatic carbocycles. The minimum absolute atomic E-state index is 0.351. The molecule has 0 saturated heterocycles. The smallest absolute Gasteiger partial charge is 0.306 e. The summed E-state index contributed by atoms with van der Waals surface area (Å²) in [5.41, 5.74) is 0.420. The van der Waals surface area contributed by atoms with Crippen molar-refractivity contribution in [2.75, 3.05) is 0 Å². The van der Waals surface area contributed by atoms with E-state index in [1.54, 1.807) is 18.2 Å². The maximum atomic E-state index is 10.4. The van der Waals surface area contributed by atoms with E-state index in [0.29, 0.717) is 10.6 Å². The number of benzene rings is 1. The van der Waals surface area contributed by atoms with E-state index in [2.05, 4.69) is 15.9 Å². The summed E-state index contributed by atoms with van der Waals surface area (Å²) in [5, 5.41) is 18.4. The van der Waals surface area contributed by atoms with Crippen LogP contribution < -0.4 is 0 Å². The second-order valence-electron chi connectivity index (χ2n) is 2.78. The van der Waals surface area contributed by atoms with Crippen molar-refractivity contribution in [2.24, 2.45) is 0 Å². The minimum Gasteiger partial charge on any atom is -0.481 e. The lowest BCUT2D eigenvalue weighted by molar-refractivity contribution is -0.139. The van der Waals surface area contributed by atoms with Crippen molar-refractivity contribution >= 4 is 33.5 Å². The average Bonchev–Trinajstić information content (AvgIpc) is 2.08. The topological polar surface area (TPSA) is 57.5 Å². The zero-order valence-corrected chi connectivity index (χ0v) is 9.42. The fraction of sp³-hybridized carbons (Fsp3) is 0.222. The van der Waals surface area contributed by atoms with E-state index in [4.69, 9.17) is 16.7 Å². The molecule has 0 saturated carbocycles. The van der Waals surface area contributed by atoms with E-state index in [1.165, 1.54) is 0 Å². The Morgan fingerprint density at radius 2 is 2.21 bits per heavy atom. The molecule has 76 valence electrons. The largest absolute Gasteiger partial charge is 0.481 e. The summed E-state index contributed by atoms with van der Waals surface area (Å²) in [6.07, 6.45) is -1.42. The number of carboxylic acid groups (broad SMARTS) is 1. The number of halogens is 2. The van der Waals surface area contributed by atoms with Gasteiger partial charge in [-0.3, -0.25) is 4.79 Å². The Morgan fingerprint density at radius 3 is 2.79 bits per heavy atom. The maximum Gasteiger partial charge on any atom is 0.306 e. The van der Waals surface area contributed by atoms with Gasteiger partial charge in [0.2, 0.25) is 0 Å². The summed E-state index contributed by atoms with van der Waals surface area (Å²) in [6.45, 7) is 0. The van der Waals surface area contributed by atoms with Gasteiger partial charge in [-0.1, -0.05) is 27.5 Å². The Labute approximate surface area is 94.4 Å². The molecular formula is C9H8BrClO3. The van der Waals surface area contributed by atoms with E-state index in [0.717, 1.165) is 4.47 Å².